The van der Waals surface area contributed by atoms with Crippen molar-refractivity contribution in [1.82, 2.24) is 5.32 Å². The van der Waals surface area contributed by atoms with Crippen LogP contribution in [0, 0.1) is 0 Å². The van der Waals surface area contributed by atoms with Crippen LogP contribution in [0.2, 0.25) is 0 Å². The summed E-state index contributed by atoms with van der Waals surface area (Å²) >= 11 is 5.24. The highest BCUT2D eigenvalue weighted by Gasteiger charge is 2.14. The first-order valence-corrected chi connectivity index (χ1v) is 9.93. The van der Waals surface area contributed by atoms with Crippen molar-refractivity contribution in [2.75, 3.05) is 11.9 Å². The summed E-state index contributed by atoms with van der Waals surface area (Å²) in [6, 6.07) is 23.9. The van der Waals surface area contributed by atoms with E-state index in [1.54, 1.807) is 42.5 Å². The third kappa shape index (κ3) is 5.99. The van der Waals surface area contributed by atoms with Crippen LogP contribution < -0.4 is 15.4 Å². The summed E-state index contributed by atoms with van der Waals surface area (Å²) < 4.78 is 5.84. The van der Waals surface area contributed by atoms with Gasteiger partial charge < -0.3 is 10.1 Å². The monoisotopic (exact) mass is 418 g/mol. The van der Waals surface area contributed by atoms with Crippen LogP contribution in [0.5, 0.6) is 5.75 Å². The van der Waals surface area contributed by atoms with E-state index in [0.717, 1.165) is 6.42 Å². The molecule has 0 fully saturated rings. The van der Waals surface area contributed by atoms with Crippen molar-refractivity contribution >= 4 is 34.7 Å². The molecule has 0 unspecified atom stereocenters. The van der Waals surface area contributed by atoms with Crippen LogP contribution in [0.1, 0.15) is 33.2 Å². The molecule has 1 amide bonds. The lowest BCUT2D eigenvalue weighted by molar-refractivity contribution is 0.0972. The zero-order valence-electron chi connectivity index (χ0n) is 16.6. The average molecular weight is 419 g/mol. The number of carbonyl (C=O) groups excluding carboxylic acids is 2. The zero-order valence-corrected chi connectivity index (χ0v) is 17.4. The van der Waals surface area contributed by atoms with Crippen LogP contribution in [0.3, 0.4) is 0 Å². The van der Waals surface area contributed by atoms with Gasteiger partial charge in [0, 0.05) is 17.7 Å². The summed E-state index contributed by atoms with van der Waals surface area (Å²) in [5.74, 6) is 0.129. The molecule has 0 saturated carbocycles. The van der Waals surface area contributed by atoms with E-state index in [1.165, 1.54) is 12.5 Å². The quantitative estimate of drug-likeness (QED) is 0.432. The maximum absolute atomic E-state index is 12.7. The van der Waals surface area contributed by atoms with E-state index in [-0.39, 0.29) is 16.8 Å². The fraction of sp³-hybridized carbons (Fsp3) is 0.125. The Bertz CT molecular complexity index is 1030. The zero-order chi connectivity index (χ0) is 21.3. The van der Waals surface area contributed by atoms with E-state index in [0.29, 0.717) is 29.2 Å². The van der Waals surface area contributed by atoms with Gasteiger partial charge in [0.1, 0.15) is 5.75 Å². The maximum atomic E-state index is 12.7. The SMILES string of the molecule is CC(=O)c1ccc(NC(=S)NC(=O)c2ccccc2OCCc2ccccc2)cc1. The van der Waals surface area contributed by atoms with Gasteiger partial charge in [0.2, 0.25) is 0 Å². The molecule has 0 heterocycles. The van der Waals surface area contributed by atoms with Gasteiger partial charge in [-0.25, -0.2) is 0 Å². The third-order valence-corrected chi connectivity index (χ3v) is 4.60. The molecule has 3 rings (SSSR count). The summed E-state index contributed by atoms with van der Waals surface area (Å²) in [6.45, 7) is 1.96. The van der Waals surface area contributed by atoms with Crippen molar-refractivity contribution < 1.29 is 14.3 Å². The Labute approximate surface area is 181 Å². The highest BCUT2D eigenvalue weighted by molar-refractivity contribution is 7.80. The van der Waals surface area contributed by atoms with Crippen molar-refractivity contribution in [3.8, 4) is 5.75 Å². The Morgan fingerprint density at radius 2 is 1.57 bits per heavy atom. The molecule has 0 aliphatic carbocycles. The molecule has 30 heavy (non-hydrogen) atoms. The van der Waals surface area contributed by atoms with Crippen molar-refractivity contribution in [3.63, 3.8) is 0 Å². The van der Waals surface area contributed by atoms with Crippen molar-refractivity contribution in [3.05, 3.63) is 95.6 Å². The molecule has 2 N–H and O–H groups in total. The molecule has 6 heteroatoms. The van der Waals surface area contributed by atoms with Crippen LogP contribution in [0.4, 0.5) is 5.69 Å². The van der Waals surface area contributed by atoms with Crippen molar-refractivity contribution in [2.24, 2.45) is 0 Å². The molecule has 0 atom stereocenters. The predicted octanol–water partition coefficient (Wildman–Crippen LogP) is 4.64. The first-order valence-electron chi connectivity index (χ1n) is 9.52. The number of amides is 1. The van der Waals surface area contributed by atoms with E-state index >= 15 is 0 Å². The molecule has 152 valence electrons. The Balaban J connectivity index is 1.58. The molecule has 0 aliphatic rings. The van der Waals surface area contributed by atoms with Crippen LogP contribution in [0.25, 0.3) is 0 Å². The summed E-state index contributed by atoms with van der Waals surface area (Å²) in [5.41, 5.74) is 2.86. The fourth-order valence-corrected chi connectivity index (χ4v) is 3.04. The minimum absolute atomic E-state index is 0.0127. The van der Waals surface area contributed by atoms with Gasteiger partial charge in [0.05, 0.1) is 12.2 Å². The lowest BCUT2D eigenvalue weighted by atomic mass is 10.1. The van der Waals surface area contributed by atoms with Crippen LogP contribution in [-0.2, 0) is 6.42 Å². The predicted molar refractivity (Wildman–Crippen MR) is 122 cm³/mol. The van der Waals surface area contributed by atoms with Crippen molar-refractivity contribution in [1.29, 1.82) is 0 Å². The second-order valence-electron chi connectivity index (χ2n) is 6.62. The normalized spacial score (nSPS) is 10.2. The summed E-state index contributed by atoms with van der Waals surface area (Å²) in [5, 5.41) is 5.77. The number of thiocarbonyl (C=S) groups is 1. The van der Waals surface area contributed by atoms with E-state index in [9.17, 15) is 9.59 Å². The number of hydrogen-bond acceptors (Lipinski definition) is 4. The van der Waals surface area contributed by atoms with Gasteiger partial charge in [-0.3, -0.25) is 14.9 Å². The Morgan fingerprint density at radius 3 is 2.27 bits per heavy atom. The smallest absolute Gasteiger partial charge is 0.261 e. The minimum atomic E-state index is -0.358. The highest BCUT2D eigenvalue weighted by atomic mass is 32.1. The van der Waals surface area contributed by atoms with Gasteiger partial charge in [-0.15, -0.1) is 0 Å². The molecule has 0 bridgehead atoms. The molecule has 0 aromatic heterocycles. The number of ether oxygens (including phenoxy) is 1. The number of Topliss-reactive ketones (excluding diaryl/α,β-unsaturated/α-hetero) is 1. The Hall–Kier alpha value is -3.51. The third-order valence-electron chi connectivity index (χ3n) is 4.40. The Morgan fingerprint density at radius 1 is 0.900 bits per heavy atom. The topological polar surface area (TPSA) is 67.4 Å². The number of benzene rings is 3. The first kappa shape index (κ1) is 21.2. The van der Waals surface area contributed by atoms with Crippen LogP contribution in [-0.4, -0.2) is 23.4 Å². The minimum Gasteiger partial charge on any atom is -0.492 e. The summed E-state index contributed by atoms with van der Waals surface area (Å²) in [7, 11) is 0. The second-order valence-corrected chi connectivity index (χ2v) is 7.03. The number of anilines is 1. The average Bonchev–Trinajstić information content (AvgIpc) is 2.75. The largest absolute Gasteiger partial charge is 0.492 e. The Kier molecular flexibility index (Phi) is 7.29. The fourth-order valence-electron chi connectivity index (χ4n) is 2.82. The van der Waals surface area contributed by atoms with Crippen LogP contribution in [0.15, 0.2) is 78.9 Å². The van der Waals surface area contributed by atoms with Gasteiger partial charge in [0.15, 0.2) is 10.9 Å². The maximum Gasteiger partial charge on any atom is 0.261 e. The molecule has 0 aliphatic heterocycles. The lowest BCUT2D eigenvalue weighted by Gasteiger charge is -2.13. The number of nitrogens with one attached hydrogen (secondary N) is 2. The molecule has 3 aromatic carbocycles. The van der Waals surface area contributed by atoms with E-state index in [1.807, 2.05) is 36.4 Å². The van der Waals surface area contributed by atoms with Gasteiger partial charge in [-0.1, -0.05) is 42.5 Å². The number of rotatable bonds is 7. The number of carbonyl (C=O) groups is 2. The van der Waals surface area contributed by atoms with Crippen molar-refractivity contribution in [2.45, 2.75) is 13.3 Å². The highest BCUT2D eigenvalue weighted by Crippen LogP contribution is 2.18. The number of hydrogen-bond donors (Lipinski definition) is 2. The number of para-hydroxylation sites is 1. The molecular weight excluding hydrogens is 396 g/mol. The van der Waals surface area contributed by atoms with E-state index < -0.39 is 0 Å². The molecule has 0 radical (unpaired) electrons. The van der Waals surface area contributed by atoms with E-state index in [2.05, 4.69) is 10.6 Å². The van der Waals surface area contributed by atoms with E-state index in [4.69, 9.17) is 17.0 Å². The molecular formula is C24H22N2O3S. The molecule has 0 spiro atoms. The molecule has 0 saturated heterocycles. The van der Waals surface area contributed by atoms with Gasteiger partial charge in [0.25, 0.3) is 5.91 Å². The second kappa shape index (κ2) is 10.3. The van der Waals surface area contributed by atoms with Gasteiger partial charge in [-0.2, -0.15) is 0 Å². The number of ketones is 1. The van der Waals surface area contributed by atoms with Gasteiger partial charge in [-0.05, 0) is 61.1 Å². The van der Waals surface area contributed by atoms with Crippen LogP contribution >= 0.6 is 12.2 Å². The summed E-state index contributed by atoms with van der Waals surface area (Å²) in [4.78, 5) is 24.0. The standard InChI is InChI=1S/C24H22N2O3S/c1-17(27)19-11-13-20(14-12-19)25-24(30)26-23(28)21-9-5-6-10-22(21)29-16-15-18-7-3-2-4-8-18/h2-14H,15-16H2,1H3,(H2,25,26,28,30). The molecule has 3 aromatic rings. The molecule has 5 nitrogen and oxygen atoms in total. The first-order chi connectivity index (χ1) is 14.5. The lowest BCUT2D eigenvalue weighted by Crippen LogP contribution is -2.34. The van der Waals surface area contributed by atoms with Gasteiger partial charge >= 0.3 is 0 Å². The summed E-state index contributed by atoms with van der Waals surface area (Å²) in [6.07, 6.45) is 0.743.